The van der Waals surface area contributed by atoms with Crippen molar-refractivity contribution in [1.29, 1.82) is 0 Å². The topological polar surface area (TPSA) is 72.7 Å². The number of nitrogens with one attached hydrogen (secondary N) is 1. The van der Waals surface area contributed by atoms with Crippen LogP contribution in [0.3, 0.4) is 0 Å². The van der Waals surface area contributed by atoms with Crippen LogP contribution in [0.15, 0.2) is 47.5 Å². The Bertz CT molecular complexity index is 930. The summed E-state index contributed by atoms with van der Waals surface area (Å²) in [6.45, 7) is 8.39. The molecule has 1 N–H and O–H groups in total. The van der Waals surface area contributed by atoms with E-state index in [-0.39, 0.29) is 12.3 Å². The molecule has 0 fully saturated rings. The predicted molar refractivity (Wildman–Crippen MR) is 110 cm³/mol. The highest BCUT2D eigenvalue weighted by Gasteiger charge is 2.12. The van der Waals surface area contributed by atoms with Gasteiger partial charge in [0, 0.05) is 23.4 Å². The average molecular weight is 400 g/mol. The summed E-state index contributed by atoms with van der Waals surface area (Å²) in [4.78, 5) is 16.8. The van der Waals surface area contributed by atoms with E-state index in [1.165, 1.54) is 11.3 Å². The molecule has 140 valence electrons. The van der Waals surface area contributed by atoms with Crippen molar-refractivity contribution >= 4 is 34.7 Å². The monoisotopic (exact) mass is 399 g/mol. The molecule has 2 heterocycles. The highest BCUT2D eigenvalue weighted by molar-refractivity contribution is 7.98. The van der Waals surface area contributed by atoms with E-state index in [0.717, 1.165) is 32.9 Å². The second-order valence-electron chi connectivity index (χ2n) is 6.04. The van der Waals surface area contributed by atoms with Crippen molar-refractivity contribution in [2.45, 2.75) is 37.7 Å². The molecule has 0 spiro atoms. The Hall–Kier alpha value is -2.45. The molecule has 0 unspecified atom stereocenters. The number of carbonyl (C=O) groups excluding carboxylic acids is 1. The minimum atomic E-state index is -0.0613. The van der Waals surface area contributed by atoms with Crippen molar-refractivity contribution in [2.75, 3.05) is 5.32 Å². The third-order valence-electron chi connectivity index (χ3n) is 3.81. The smallest absolute Gasteiger partial charge is 0.231 e. The van der Waals surface area contributed by atoms with Crippen LogP contribution in [0.4, 0.5) is 5.69 Å². The number of aromatic nitrogens is 4. The predicted octanol–water partition coefficient (Wildman–Crippen LogP) is 4.01. The maximum absolute atomic E-state index is 12.2. The molecule has 8 heteroatoms. The number of benzene rings is 1. The van der Waals surface area contributed by atoms with Crippen LogP contribution in [-0.4, -0.2) is 25.7 Å². The maximum atomic E-state index is 12.2. The van der Waals surface area contributed by atoms with Gasteiger partial charge in [0.15, 0.2) is 5.16 Å². The number of carbonyl (C=O) groups is 1. The lowest BCUT2D eigenvalue weighted by Gasteiger charge is -2.04. The zero-order valence-corrected chi connectivity index (χ0v) is 16.9. The van der Waals surface area contributed by atoms with Gasteiger partial charge in [0.25, 0.3) is 0 Å². The lowest BCUT2D eigenvalue weighted by molar-refractivity contribution is -0.115. The first-order valence-electron chi connectivity index (χ1n) is 8.48. The summed E-state index contributed by atoms with van der Waals surface area (Å²) in [6, 6.07) is 7.75. The van der Waals surface area contributed by atoms with Crippen LogP contribution in [0.1, 0.15) is 22.1 Å². The van der Waals surface area contributed by atoms with Crippen LogP contribution in [-0.2, 0) is 23.5 Å². The summed E-state index contributed by atoms with van der Waals surface area (Å²) in [7, 11) is 0. The molecular formula is C19H21N5OS2. The lowest BCUT2D eigenvalue weighted by atomic mass is 10.2. The summed E-state index contributed by atoms with van der Waals surface area (Å²) in [6.07, 6.45) is 2.10. The Kier molecular flexibility index (Phi) is 6.41. The Morgan fingerprint density at radius 2 is 2.07 bits per heavy atom. The van der Waals surface area contributed by atoms with E-state index in [1.54, 1.807) is 11.8 Å². The molecule has 3 rings (SSSR count). The summed E-state index contributed by atoms with van der Waals surface area (Å²) < 4.78 is 2.01. The van der Waals surface area contributed by atoms with Crippen molar-refractivity contribution in [2.24, 2.45) is 0 Å². The molecule has 27 heavy (non-hydrogen) atoms. The van der Waals surface area contributed by atoms with Gasteiger partial charge in [-0.05, 0) is 26.0 Å². The third-order valence-corrected chi connectivity index (χ3v) is 5.71. The van der Waals surface area contributed by atoms with E-state index in [2.05, 4.69) is 27.1 Å². The van der Waals surface area contributed by atoms with Gasteiger partial charge in [-0.2, -0.15) is 0 Å². The summed E-state index contributed by atoms with van der Waals surface area (Å²) in [5.41, 5.74) is 2.90. The first kappa shape index (κ1) is 19.3. The first-order valence-corrected chi connectivity index (χ1v) is 10.3. The Balaban J connectivity index is 1.54. The highest BCUT2D eigenvalue weighted by Crippen LogP contribution is 2.23. The number of rotatable bonds is 8. The fraction of sp³-hybridized carbons (Fsp3) is 0.263. The minimum absolute atomic E-state index is 0.0613. The Labute approximate surface area is 166 Å². The van der Waals surface area contributed by atoms with Gasteiger partial charge in [-0.3, -0.25) is 4.79 Å². The number of anilines is 1. The van der Waals surface area contributed by atoms with Crippen LogP contribution in [0.25, 0.3) is 0 Å². The molecule has 0 saturated carbocycles. The minimum Gasteiger partial charge on any atom is -0.326 e. The zero-order valence-electron chi connectivity index (χ0n) is 15.3. The molecule has 0 radical (unpaired) electrons. The van der Waals surface area contributed by atoms with Gasteiger partial charge in [-0.1, -0.05) is 35.5 Å². The number of thioether (sulfide) groups is 1. The summed E-state index contributed by atoms with van der Waals surface area (Å²) in [5, 5.41) is 14.8. The molecule has 0 bridgehead atoms. The molecule has 6 nitrogen and oxygen atoms in total. The number of hydrogen-bond donors (Lipinski definition) is 1. The molecule has 0 aliphatic rings. The quantitative estimate of drug-likeness (QED) is 0.458. The lowest BCUT2D eigenvalue weighted by Crippen LogP contribution is -2.14. The molecule has 2 aromatic heterocycles. The van der Waals surface area contributed by atoms with Crippen LogP contribution in [0.5, 0.6) is 0 Å². The number of thiazole rings is 1. The molecule has 3 aromatic rings. The first-order chi connectivity index (χ1) is 13.0. The fourth-order valence-corrected chi connectivity index (χ4v) is 4.21. The van der Waals surface area contributed by atoms with Crippen molar-refractivity contribution < 1.29 is 4.79 Å². The van der Waals surface area contributed by atoms with Crippen LogP contribution < -0.4 is 5.32 Å². The second kappa shape index (κ2) is 8.96. The van der Waals surface area contributed by atoms with E-state index in [4.69, 9.17) is 0 Å². The maximum Gasteiger partial charge on any atom is 0.231 e. The van der Waals surface area contributed by atoms with Gasteiger partial charge in [-0.25, -0.2) is 4.98 Å². The molecule has 0 aliphatic carbocycles. The van der Waals surface area contributed by atoms with E-state index < -0.39 is 0 Å². The Morgan fingerprint density at radius 1 is 1.30 bits per heavy atom. The van der Waals surface area contributed by atoms with E-state index in [0.29, 0.717) is 12.3 Å². The van der Waals surface area contributed by atoms with Crippen molar-refractivity contribution in [1.82, 2.24) is 19.7 Å². The number of allylic oxidation sites excluding steroid dienone is 1. The molecule has 1 amide bonds. The van der Waals surface area contributed by atoms with Gasteiger partial charge in [0.2, 0.25) is 5.91 Å². The van der Waals surface area contributed by atoms with E-state index in [9.17, 15) is 4.79 Å². The second-order valence-corrected chi connectivity index (χ2v) is 7.93. The SMILES string of the molecule is C=CCn1c(C)nnc1SCc1csc(CC(=O)Nc2ccc(C)cc2)n1. The Morgan fingerprint density at radius 3 is 2.81 bits per heavy atom. The standard InChI is InChI=1S/C19H21N5OS2/c1-4-9-24-14(3)22-23-19(24)27-12-16-11-26-18(21-16)10-17(25)20-15-7-5-13(2)6-8-15/h4-8,11H,1,9-10,12H2,2-3H3,(H,20,25). The number of amides is 1. The highest BCUT2D eigenvalue weighted by atomic mass is 32.2. The van der Waals surface area contributed by atoms with E-state index in [1.807, 2.05) is 54.1 Å². The van der Waals surface area contributed by atoms with E-state index >= 15 is 0 Å². The molecule has 0 saturated heterocycles. The summed E-state index contributed by atoms with van der Waals surface area (Å²) >= 11 is 3.08. The zero-order chi connectivity index (χ0) is 19.2. The fourth-order valence-electron chi connectivity index (χ4n) is 2.42. The summed E-state index contributed by atoms with van der Waals surface area (Å²) in [5.74, 6) is 1.49. The molecule has 1 aromatic carbocycles. The van der Waals surface area contributed by atoms with Crippen LogP contribution in [0.2, 0.25) is 0 Å². The number of hydrogen-bond acceptors (Lipinski definition) is 6. The van der Waals surface area contributed by atoms with Crippen molar-refractivity contribution in [3.8, 4) is 0 Å². The van der Waals surface area contributed by atoms with Gasteiger partial charge >= 0.3 is 0 Å². The number of aryl methyl sites for hydroxylation is 2. The molecular weight excluding hydrogens is 378 g/mol. The van der Waals surface area contributed by atoms with Gasteiger partial charge in [-0.15, -0.1) is 28.1 Å². The average Bonchev–Trinajstić information content (AvgIpc) is 3.23. The third kappa shape index (κ3) is 5.27. The van der Waals surface area contributed by atoms with Crippen molar-refractivity contribution in [3.05, 3.63) is 64.4 Å². The largest absolute Gasteiger partial charge is 0.326 e. The van der Waals surface area contributed by atoms with Gasteiger partial charge in [0.1, 0.15) is 10.8 Å². The number of nitrogens with zero attached hydrogens (tertiary/aromatic N) is 4. The van der Waals surface area contributed by atoms with Crippen LogP contribution in [0, 0.1) is 13.8 Å². The molecule has 0 atom stereocenters. The van der Waals surface area contributed by atoms with Gasteiger partial charge in [0.05, 0.1) is 12.1 Å². The normalized spacial score (nSPS) is 10.7. The van der Waals surface area contributed by atoms with Crippen molar-refractivity contribution in [3.63, 3.8) is 0 Å². The molecule has 0 aliphatic heterocycles. The van der Waals surface area contributed by atoms with Gasteiger partial charge < -0.3 is 9.88 Å². The van der Waals surface area contributed by atoms with Crippen LogP contribution >= 0.6 is 23.1 Å².